The third-order valence-corrected chi connectivity index (χ3v) is 7.25. The zero-order valence-electron chi connectivity index (χ0n) is 22.1. The van der Waals surface area contributed by atoms with Gasteiger partial charge in [0.05, 0.1) is 12.0 Å². The quantitative estimate of drug-likeness (QED) is 0.435. The molecule has 1 aromatic rings. The summed E-state index contributed by atoms with van der Waals surface area (Å²) in [5.74, 6) is -4.06. The third kappa shape index (κ3) is 6.78. The van der Waals surface area contributed by atoms with Gasteiger partial charge in [0.1, 0.15) is 6.04 Å². The zero-order valence-corrected chi connectivity index (χ0v) is 22.1. The molecule has 1 aromatic carbocycles. The van der Waals surface area contributed by atoms with Crippen LogP contribution in [0, 0.1) is 0 Å². The van der Waals surface area contributed by atoms with E-state index in [0.29, 0.717) is 29.3 Å². The summed E-state index contributed by atoms with van der Waals surface area (Å²) >= 11 is 0. The van der Waals surface area contributed by atoms with Gasteiger partial charge < -0.3 is 25.3 Å². The van der Waals surface area contributed by atoms with Gasteiger partial charge in [0.25, 0.3) is 5.91 Å². The van der Waals surface area contributed by atoms with Crippen molar-refractivity contribution < 1.29 is 42.6 Å². The second-order valence-electron chi connectivity index (χ2n) is 10.2. The number of aliphatic carboxylic acids is 2. The van der Waals surface area contributed by atoms with E-state index < -0.39 is 30.2 Å². The molecule has 214 valence electrons. The van der Waals surface area contributed by atoms with Crippen molar-refractivity contribution >= 4 is 35.4 Å². The Bertz CT molecular complexity index is 1140. The summed E-state index contributed by atoms with van der Waals surface area (Å²) < 4.78 is 31.7. The molecule has 2 aliphatic heterocycles. The van der Waals surface area contributed by atoms with Crippen molar-refractivity contribution in [3.05, 3.63) is 34.9 Å². The SMILES string of the molecule is CCCC(CC(=O)O)N1C(=O)c2c(NC3CCN(C(C)C)CC3)ccc3c2C(=O)C1C=C3.O=C(O)C(F)(F)F. The Balaban J connectivity index is 0.000000532. The highest BCUT2D eigenvalue weighted by molar-refractivity contribution is 6.21. The first kappa shape index (κ1) is 30.1. The van der Waals surface area contributed by atoms with Gasteiger partial charge >= 0.3 is 18.1 Å². The number of hydrogen-bond donors (Lipinski definition) is 3. The van der Waals surface area contributed by atoms with Gasteiger partial charge in [-0.3, -0.25) is 14.4 Å². The van der Waals surface area contributed by atoms with Crippen LogP contribution >= 0.6 is 0 Å². The normalized spacial score (nSPS) is 20.0. The number of benzene rings is 1. The fourth-order valence-corrected chi connectivity index (χ4v) is 5.32. The van der Waals surface area contributed by atoms with Crippen molar-refractivity contribution in [3.8, 4) is 0 Å². The second kappa shape index (κ2) is 12.2. The zero-order chi connectivity index (χ0) is 29.1. The van der Waals surface area contributed by atoms with Crippen molar-refractivity contribution in [2.45, 2.75) is 83.2 Å². The summed E-state index contributed by atoms with van der Waals surface area (Å²) in [6.07, 6.45) is 1.60. The van der Waals surface area contributed by atoms with Crippen LogP contribution in [0.2, 0.25) is 0 Å². The van der Waals surface area contributed by atoms with Gasteiger partial charge in [-0.15, -0.1) is 0 Å². The molecular formula is C27H34F3N3O6. The maximum absolute atomic E-state index is 13.8. The summed E-state index contributed by atoms with van der Waals surface area (Å²) in [7, 11) is 0. The number of carboxylic acids is 2. The maximum Gasteiger partial charge on any atom is 0.490 e. The van der Waals surface area contributed by atoms with Crippen molar-refractivity contribution in [1.82, 2.24) is 9.80 Å². The maximum atomic E-state index is 13.8. The Morgan fingerprint density at radius 3 is 2.23 bits per heavy atom. The lowest BCUT2D eigenvalue weighted by Gasteiger charge is -2.42. The number of fused-ring (bicyclic) bond motifs is 1. The topological polar surface area (TPSA) is 127 Å². The summed E-state index contributed by atoms with van der Waals surface area (Å²) in [5.41, 5.74) is 2.34. The number of anilines is 1. The van der Waals surface area contributed by atoms with E-state index in [1.807, 2.05) is 25.1 Å². The van der Waals surface area contributed by atoms with Crippen molar-refractivity contribution in [2.24, 2.45) is 0 Å². The highest BCUT2D eigenvalue weighted by atomic mass is 19.4. The largest absolute Gasteiger partial charge is 0.490 e. The summed E-state index contributed by atoms with van der Waals surface area (Å²) in [4.78, 5) is 51.5. The fourth-order valence-electron chi connectivity index (χ4n) is 5.32. The van der Waals surface area contributed by atoms with Gasteiger partial charge in [-0.1, -0.05) is 31.6 Å². The molecule has 0 saturated carbocycles. The van der Waals surface area contributed by atoms with E-state index in [1.54, 1.807) is 6.08 Å². The van der Waals surface area contributed by atoms with Crippen LogP contribution in [0.25, 0.3) is 6.08 Å². The molecular weight excluding hydrogens is 519 g/mol. The first-order valence-corrected chi connectivity index (χ1v) is 13.0. The Kier molecular flexibility index (Phi) is 9.42. The Morgan fingerprint density at radius 1 is 1.10 bits per heavy atom. The molecule has 39 heavy (non-hydrogen) atoms. The standard InChI is InChI=1S/C25H33N3O4.C2HF3O2/c1-4-5-18(14-21(29)30)28-20-9-7-16-6-8-19(23(25(28)32)22(16)24(20)31)26-17-10-12-27(13-11-17)15(2)3;3-2(4,5)1(6)7/h6-9,15,17-18,20,26H,4-5,10-14H2,1-3H3,(H,29,30);(H,6,7). The lowest BCUT2D eigenvalue weighted by molar-refractivity contribution is -0.192. The lowest BCUT2D eigenvalue weighted by Crippen LogP contribution is -2.55. The van der Waals surface area contributed by atoms with E-state index in [0.717, 1.165) is 37.9 Å². The van der Waals surface area contributed by atoms with Crippen LogP contribution < -0.4 is 5.32 Å². The van der Waals surface area contributed by atoms with E-state index in [9.17, 15) is 32.7 Å². The van der Waals surface area contributed by atoms with Gasteiger partial charge in [-0.25, -0.2) is 4.79 Å². The minimum atomic E-state index is -5.08. The number of Topliss-reactive ketones (excluding diaryl/α,β-unsaturated/α-hetero) is 1. The van der Waals surface area contributed by atoms with Crippen LogP contribution in [0.1, 0.15) is 79.2 Å². The predicted octanol–water partition coefficient (Wildman–Crippen LogP) is 4.28. The van der Waals surface area contributed by atoms with Crippen molar-refractivity contribution in [3.63, 3.8) is 0 Å². The molecule has 2 atom stereocenters. The molecule has 0 aromatic heterocycles. The molecule has 9 nitrogen and oxygen atoms in total. The number of alkyl halides is 3. The molecule has 1 fully saturated rings. The summed E-state index contributed by atoms with van der Waals surface area (Å²) in [6, 6.07) is 3.32. The molecule has 1 aliphatic carbocycles. The average Bonchev–Trinajstić information content (AvgIpc) is 2.84. The monoisotopic (exact) mass is 553 g/mol. The van der Waals surface area contributed by atoms with Crippen LogP contribution in [0.3, 0.4) is 0 Å². The second-order valence-corrected chi connectivity index (χ2v) is 10.2. The predicted molar refractivity (Wildman–Crippen MR) is 138 cm³/mol. The van der Waals surface area contributed by atoms with E-state index in [1.165, 1.54) is 4.90 Å². The number of carboxylic acid groups (broad SMARTS) is 2. The van der Waals surface area contributed by atoms with Crippen molar-refractivity contribution in [2.75, 3.05) is 18.4 Å². The summed E-state index contributed by atoms with van der Waals surface area (Å²) in [5, 5.41) is 20.1. The number of carbonyl (C=O) groups excluding carboxylic acids is 2. The number of hydrogen-bond acceptors (Lipinski definition) is 6. The number of amides is 1. The first-order valence-electron chi connectivity index (χ1n) is 13.0. The van der Waals surface area contributed by atoms with E-state index in [-0.39, 0.29) is 24.2 Å². The number of rotatable bonds is 8. The minimum absolute atomic E-state index is 0.109. The third-order valence-electron chi connectivity index (χ3n) is 7.25. The van der Waals surface area contributed by atoms with E-state index in [2.05, 4.69) is 24.1 Å². The number of piperidine rings is 1. The highest BCUT2D eigenvalue weighted by Gasteiger charge is 2.45. The first-order chi connectivity index (χ1) is 18.3. The van der Waals surface area contributed by atoms with Crippen LogP contribution in [0.5, 0.6) is 0 Å². The van der Waals surface area contributed by atoms with Crippen LogP contribution in [-0.2, 0) is 9.59 Å². The lowest BCUT2D eigenvalue weighted by atomic mass is 9.81. The van der Waals surface area contributed by atoms with Crippen LogP contribution in [0.4, 0.5) is 18.9 Å². The highest BCUT2D eigenvalue weighted by Crippen LogP contribution is 2.38. The number of likely N-dealkylation sites (tertiary alicyclic amines) is 1. The van der Waals surface area contributed by atoms with Gasteiger partial charge in [0, 0.05) is 42.5 Å². The summed E-state index contributed by atoms with van der Waals surface area (Å²) in [6.45, 7) is 8.36. The molecule has 3 N–H and O–H groups in total. The fraction of sp³-hybridized carbons (Fsp3) is 0.556. The molecule has 4 rings (SSSR count). The number of nitrogens with one attached hydrogen (secondary N) is 1. The molecule has 2 bridgehead atoms. The molecule has 0 radical (unpaired) electrons. The number of halogens is 3. The van der Waals surface area contributed by atoms with Crippen LogP contribution in [-0.4, -0.2) is 87.1 Å². The number of carbonyl (C=O) groups is 4. The minimum Gasteiger partial charge on any atom is -0.481 e. The molecule has 12 heteroatoms. The molecule has 1 saturated heterocycles. The smallest absolute Gasteiger partial charge is 0.481 e. The average molecular weight is 554 g/mol. The van der Waals surface area contributed by atoms with Crippen molar-refractivity contribution in [1.29, 1.82) is 0 Å². The van der Waals surface area contributed by atoms with Crippen LogP contribution in [0.15, 0.2) is 18.2 Å². The van der Waals surface area contributed by atoms with Gasteiger partial charge in [-0.2, -0.15) is 13.2 Å². The Hall–Kier alpha value is -3.41. The molecule has 2 heterocycles. The Morgan fingerprint density at radius 2 is 1.72 bits per heavy atom. The number of nitrogens with zero attached hydrogens (tertiary/aromatic N) is 2. The molecule has 0 spiro atoms. The van der Waals surface area contributed by atoms with Gasteiger partial charge in [0.2, 0.25) is 0 Å². The van der Waals surface area contributed by atoms with Gasteiger partial charge in [-0.05, 0) is 44.7 Å². The van der Waals surface area contributed by atoms with Gasteiger partial charge in [0.15, 0.2) is 5.78 Å². The van der Waals surface area contributed by atoms with E-state index >= 15 is 0 Å². The molecule has 1 amide bonds. The number of ketones is 1. The molecule has 3 aliphatic rings. The molecule has 2 unspecified atom stereocenters. The Labute approximate surface area is 224 Å². The van der Waals surface area contributed by atoms with E-state index in [4.69, 9.17) is 9.90 Å².